The Morgan fingerprint density at radius 1 is 1.15 bits per heavy atom. The smallest absolute Gasteiger partial charge is 0.290 e. The van der Waals surface area contributed by atoms with Crippen molar-refractivity contribution in [2.24, 2.45) is 0 Å². The van der Waals surface area contributed by atoms with Crippen molar-refractivity contribution in [3.63, 3.8) is 0 Å². The summed E-state index contributed by atoms with van der Waals surface area (Å²) >= 11 is 0. The number of rotatable bonds is 4. The molecular formula is C14H10N2O4. The van der Waals surface area contributed by atoms with E-state index in [1.165, 1.54) is 25.3 Å². The van der Waals surface area contributed by atoms with Crippen molar-refractivity contribution in [3.8, 4) is 23.3 Å². The second kappa shape index (κ2) is 5.71. The molecule has 0 atom stereocenters. The molecule has 2 aromatic carbocycles. The molecule has 6 heteroatoms. The van der Waals surface area contributed by atoms with Crippen LogP contribution in [0, 0.1) is 21.4 Å². The van der Waals surface area contributed by atoms with Gasteiger partial charge < -0.3 is 9.47 Å². The van der Waals surface area contributed by atoms with E-state index in [1.54, 1.807) is 30.3 Å². The van der Waals surface area contributed by atoms with E-state index in [9.17, 15) is 10.1 Å². The van der Waals surface area contributed by atoms with Crippen molar-refractivity contribution in [3.05, 3.63) is 58.1 Å². The van der Waals surface area contributed by atoms with Gasteiger partial charge in [-0.05, 0) is 24.3 Å². The number of ether oxygens (including phenoxy) is 2. The lowest BCUT2D eigenvalue weighted by Crippen LogP contribution is -1.93. The molecule has 0 saturated heterocycles. The van der Waals surface area contributed by atoms with Gasteiger partial charge in [0.2, 0.25) is 0 Å². The number of methoxy groups -OCH3 is 1. The van der Waals surface area contributed by atoms with Gasteiger partial charge in [-0.3, -0.25) is 10.1 Å². The third-order valence-electron chi connectivity index (χ3n) is 2.56. The van der Waals surface area contributed by atoms with Gasteiger partial charge in [-0.1, -0.05) is 6.07 Å². The minimum absolute atomic E-state index is 0.00649. The fourth-order valence-corrected chi connectivity index (χ4v) is 1.62. The molecule has 0 radical (unpaired) electrons. The minimum Gasteiger partial charge on any atom is -0.497 e. The van der Waals surface area contributed by atoms with Gasteiger partial charge in [0.1, 0.15) is 28.9 Å². The van der Waals surface area contributed by atoms with Crippen molar-refractivity contribution in [2.75, 3.05) is 7.11 Å². The molecule has 0 unspecified atom stereocenters. The Hall–Kier alpha value is -3.07. The summed E-state index contributed by atoms with van der Waals surface area (Å²) in [6, 6.07) is 12.7. The molecular weight excluding hydrogens is 260 g/mol. The van der Waals surface area contributed by atoms with Gasteiger partial charge in [-0.2, -0.15) is 5.26 Å². The molecule has 2 aromatic rings. The second-order valence-electron chi connectivity index (χ2n) is 3.83. The van der Waals surface area contributed by atoms with Crippen molar-refractivity contribution in [1.82, 2.24) is 0 Å². The minimum atomic E-state index is -0.614. The maximum Gasteiger partial charge on any atom is 0.290 e. The van der Waals surface area contributed by atoms with Crippen molar-refractivity contribution >= 4 is 5.69 Å². The summed E-state index contributed by atoms with van der Waals surface area (Å²) in [5.74, 6) is 1.39. The zero-order valence-electron chi connectivity index (χ0n) is 10.6. The van der Waals surface area contributed by atoms with Crippen molar-refractivity contribution in [2.45, 2.75) is 0 Å². The molecule has 20 heavy (non-hydrogen) atoms. The van der Waals surface area contributed by atoms with Crippen LogP contribution in [0.3, 0.4) is 0 Å². The third-order valence-corrected chi connectivity index (χ3v) is 2.56. The number of nitrogens with zero attached hydrogens (tertiary/aromatic N) is 2. The molecule has 0 heterocycles. The molecule has 0 N–H and O–H groups in total. The summed E-state index contributed by atoms with van der Waals surface area (Å²) in [4.78, 5) is 10.3. The fourth-order valence-electron chi connectivity index (χ4n) is 1.62. The first-order valence-electron chi connectivity index (χ1n) is 5.64. The summed E-state index contributed by atoms with van der Waals surface area (Å²) in [7, 11) is 1.53. The second-order valence-corrected chi connectivity index (χ2v) is 3.83. The van der Waals surface area contributed by atoms with Crippen LogP contribution >= 0.6 is 0 Å². The van der Waals surface area contributed by atoms with Crippen LogP contribution in [0.15, 0.2) is 42.5 Å². The third kappa shape index (κ3) is 2.84. The lowest BCUT2D eigenvalue weighted by atomic mass is 10.2. The van der Waals surface area contributed by atoms with Gasteiger partial charge in [0, 0.05) is 6.07 Å². The maximum atomic E-state index is 10.9. The number of nitro groups is 1. The van der Waals surface area contributed by atoms with E-state index in [0.717, 1.165) is 0 Å². The van der Waals surface area contributed by atoms with E-state index in [2.05, 4.69) is 0 Å². The van der Waals surface area contributed by atoms with E-state index < -0.39 is 4.92 Å². The van der Waals surface area contributed by atoms with E-state index in [4.69, 9.17) is 14.7 Å². The quantitative estimate of drug-likeness (QED) is 0.628. The molecule has 0 saturated carbocycles. The van der Waals surface area contributed by atoms with Crippen LogP contribution in [0.4, 0.5) is 5.69 Å². The average Bonchev–Trinajstić information content (AvgIpc) is 2.47. The predicted molar refractivity (Wildman–Crippen MR) is 70.9 cm³/mol. The normalized spacial score (nSPS) is 9.60. The lowest BCUT2D eigenvalue weighted by molar-refractivity contribution is -0.385. The van der Waals surface area contributed by atoms with Gasteiger partial charge in [0.15, 0.2) is 0 Å². The molecule has 2 rings (SSSR count). The first-order valence-corrected chi connectivity index (χ1v) is 5.64. The van der Waals surface area contributed by atoms with E-state index >= 15 is 0 Å². The zero-order valence-corrected chi connectivity index (χ0v) is 10.6. The van der Waals surface area contributed by atoms with Crippen LogP contribution in [0.5, 0.6) is 17.2 Å². The van der Waals surface area contributed by atoms with Crippen LogP contribution in [0.25, 0.3) is 0 Å². The highest BCUT2D eigenvalue weighted by molar-refractivity contribution is 5.53. The molecule has 0 aliphatic carbocycles. The van der Waals surface area contributed by atoms with E-state index in [1.807, 2.05) is 0 Å². The lowest BCUT2D eigenvalue weighted by Gasteiger charge is -2.07. The van der Waals surface area contributed by atoms with Gasteiger partial charge in [-0.25, -0.2) is 0 Å². The Morgan fingerprint density at radius 3 is 2.50 bits per heavy atom. The molecule has 100 valence electrons. The number of nitriles is 1. The van der Waals surface area contributed by atoms with Gasteiger partial charge in [0.25, 0.3) is 5.69 Å². The Kier molecular flexibility index (Phi) is 3.82. The highest BCUT2D eigenvalue weighted by Gasteiger charge is 2.15. The SMILES string of the molecule is COc1cccc(Oc2ccc(C#N)c([N+](=O)[O-])c2)c1. The highest BCUT2D eigenvalue weighted by atomic mass is 16.6. The first-order chi connectivity index (χ1) is 9.63. The first kappa shape index (κ1) is 13.4. The van der Waals surface area contributed by atoms with E-state index in [-0.39, 0.29) is 17.0 Å². The molecule has 0 fully saturated rings. The van der Waals surface area contributed by atoms with Crippen LogP contribution in [-0.2, 0) is 0 Å². The average molecular weight is 270 g/mol. The summed E-state index contributed by atoms with van der Waals surface area (Å²) in [6.07, 6.45) is 0. The van der Waals surface area contributed by atoms with Crippen LogP contribution in [-0.4, -0.2) is 12.0 Å². The largest absolute Gasteiger partial charge is 0.497 e. The van der Waals surface area contributed by atoms with E-state index in [0.29, 0.717) is 11.5 Å². The van der Waals surface area contributed by atoms with Crippen LogP contribution in [0.2, 0.25) is 0 Å². The molecule has 0 amide bonds. The monoisotopic (exact) mass is 270 g/mol. The van der Waals surface area contributed by atoms with Crippen LogP contribution in [0.1, 0.15) is 5.56 Å². The number of benzene rings is 2. The summed E-state index contributed by atoms with van der Waals surface area (Å²) in [5.41, 5.74) is -0.291. The molecule has 6 nitrogen and oxygen atoms in total. The standard InChI is InChI=1S/C14H10N2O4/c1-19-11-3-2-4-12(7-11)20-13-6-5-10(9-15)14(8-13)16(17)18/h2-8H,1H3. The van der Waals surface area contributed by atoms with Crippen molar-refractivity contribution in [1.29, 1.82) is 5.26 Å². The van der Waals surface area contributed by atoms with Gasteiger partial charge in [-0.15, -0.1) is 0 Å². The number of hydrogen-bond acceptors (Lipinski definition) is 5. The van der Waals surface area contributed by atoms with Crippen LogP contribution < -0.4 is 9.47 Å². The van der Waals surface area contributed by atoms with Gasteiger partial charge >= 0.3 is 0 Å². The molecule has 0 bridgehead atoms. The molecule has 0 aromatic heterocycles. The number of hydrogen-bond donors (Lipinski definition) is 0. The molecule has 0 aliphatic rings. The van der Waals surface area contributed by atoms with Gasteiger partial charge in [0.05, 0.1) is 18.1 Å². The summed E-state index contributed by atoms with van der Waals surface area (Å²) in [5, 5.41) is 19.7. The molecule has 0 aliphatic heterocycles. The Balaban J connectivity index is 2.32. The predicted octanol–water partition coefficient (Wildman–Crippen LogP) is 3.27. The fraction of sp³-hybridized carbons (Fsp3) is 0.0714. The Labute approximate surface area is 114 Å². The zero-order chi connectivity index (χ0) is 14.5. The van der Waals surface area contributed by atoms with Crippen molar-refractivity contribution < 1.29 is 14.4 Å². The topological polar surface area (TPSA) is 85.4 Å². The summed E-state index contributed by atoms with van der Waals surface area (Å²) in [6.45, 7) is 0. The highest BCUT2D eigenvalue weighted by Crippen LogP contribution is 2.29. The summed E-state index contributed by atoms with van der Waals surface area (Å²) < 4.78 is 10.6. The number of nitro benzene ring substituents is 1. The Morgan fingerprint density at radius 2 is 1.85 bits per heavy atom. The maximum absolute atomic E-state index is 10.9. The Bertz CT molecular complexity index is 692. The molecule has 0 spiro atoms.